The number of furan rings is 1. The molecule has 0 radical (unpaired) electrons. The third-order valence-electron chi connectivity index (χ3n) is 4.32. The first-order valence-electron chi connectivity index (χ1n) is 6.75. The first kappa shape index (κ1) is 13.5. The van der Waals surface area contributed by atoms with E-state index in [0.29, 0.717) is 5.75 Å². The van der Waals surface area contributed by atoms with Crippen molar-refractivity contribution in [3.8, 4) is 5.75 Å². The molecule has 1 aliphatic heterocycles. The van der Waals surface area contributed by atoms with Crippen LogP contribution in [0.5, 0.6) is 5.75 Å². The van der Waals surface area contributed by atoms with E-state index in [0.717, 1.165) is 16.4 Å². The number of rotatable bonds is 2. The van der Waals surface area contributed by atoms with Gasteiger partial charge >= 0.3 is 7.12 Å². The van der Waals surface area contributed by atoms with Gasteiger partial charge in [0.25, 0.3) is 0 Å². The van der Waals surface area contributed by atoms with E-state index >= 15 is 0 Å². The number of benzene rings is 1. The van der Waals surface area contributed by atoms with Crippen LogP contribution in [0.25, 0.3) is 11.0 Å². The Morgan fingerprint density at radius 3 is 2.25 bits per heavy atom. The molecule has 0 aliphatic carbocycles. The van der Waals surface area contributed by atoms with Gasteiger partial charge in [-0.1, -0.05) is 12.1 Å². The van der Waals surface area contributed by atoms with Crippen LogP contribution in [0.3, 0.4) is 0 Å². The highest BCUT2D eigenvalue weighted by molar-refractivity contribution is 6.63. The maximum absolute atomic E-state index is 6.07. The molecule has 20 heavy (non-hydrogen) atoms. The molecule has 1 aromatic carbocycles. The minimum absolute atomic E-state index is 0.374. The van der Waals surface area contributed by atoms with Crippen LogP contribution in [0.2, 0.25) is 0 Å². The monoisotopic (exact) mass is 274 g/mol. The van der Waals surface area contributed by atoms with Crippen molar-refractivity contribution in [2.45, 2.75) is 38.9 Å². The summed E-state index contributed by atoms with van der Waals surface area (Å²) in [5.74, 6) is 0.672. The number of methoxy groups -OCH3 is 1. The molecule has 0 N–H and O–H groups in total. The molecule has 4 nitrogen and oxygen atoms in total. The lowest BCUT2D eigenvalue weighted by Crippen LogP contribution is -2.41. The Morgan fingerprint density at radius 2 is 1.65 bits per heavy atom. The van der Waals surface area contributed by atoms with Crippen molar-refractivity contribution in [3.05, 3.63) is 24.5 Å². The molecule has 106 valence electrons. The summed E-state index contributed by atoms with van der Waals surface area (Å²) in [6, 6.07) is 5.87. The molecule has 3 rings (SSSR count). The SMILES string of the molecule is COc1c(B2OC(C)(C)C(C)(C)O2)ccc2ccoc12. The average molecular weight is 274 g/mol. The van der Waals surface area contributed by atoms with Gasteiger partial charge in [-0.2, -0.15) is 0 Å². The molecule has 0 bridgehead atoms. The van der Waals surface area contributed by atoms with Crippen LogP contribution in [0.15, 0.2) is 28.9 Å². The largest absolute Gasteiger partial charge is 0.498 e. The van der Waals surface area contributed by atoms with E-state index in [2.05, 4.69) is 0 Å². The van der Waals surface area contributed by atoms with Crippen LogP contribution in [-0.2, 0) is 9.31 Å². The Labute approximate surface area is 119 Å². The van der Waals surface area contributed by atoms with Gasteiger partial charge in [0.1, 0.15) is 0 Å². The lowest BCUT2D eigenvalue weighted by molar-refractivity contribution is 0.00578. The Kier molecular flexibility index (Phi) is 2.89. The van der Waals surface area contributed by atoms with E-state index in [9.17, 15) is 0 Å². The van der Waals surface area contributed by atoms with Gasteiger partial charge in [-0.3, -0.25) is 0 Å². The molecule has 1 fully saturated rings. The third-order valence-corrected chi connectivity index (χ3v) is 4.32. The van der Waals surface area contributed by atoms with Gasteiger partial charge < -0.3 is 18.5 Å². The highest BCUT2D eigenvalue weighted by atomic mass is 16.7. The Hall–Kier alpha value is -1.46. The first-order chi connectivity index (χ1) is 9.36. The maximum atomic E-state index is 6.07. The van der Waals surface area contributed by atoms with E-state index in [1.165, 1.54) is 0 Å². The number of hydrogen-bond donors (Lipinski definition) is 0. The van der Waals surface area contributed by atoms with Crippen molar-refractivity contribution in [2.75, 3.05) is 7.11 Å². The summed E-state index contributed by atoms with van der Waals surface area (Å²) in [4.78, 5) is 0. The minimum Gasteiger partial charge on any atom is -0.493 e. The van der Waals surface area contributed by atoms with Crippen molar-refractivity contribution in [1.82, 2.24) is 0 Å². The number of fused-ring (bicyclic) bond motifs is 1. The van der Waals surface area contributed by atoms with Gasteiger partial charge in [0.05, 0.1) is 24.6 Å². The summed E-state index contributed by atoms with van der Waals surface area (Å²) < 4.78 is 23.2. The van der Waals surface area contributed by atoms with Gasteiger partial charge in [-0.05, 0) is 33.8 Å². The fourth-order valence-corrected chi connectivity index (χ4v) is 2.39. The van der Waals surface area contributed by atoms with Crippen LogP contribution >= 0.6 is 0 Å². The zero-order valence-electron chi connectivity index (χ0n) is 12.5. The number of hydrogen-bond acceptors (Lipinski definition) is 4. The predicted octanol–water partition coefficient (Wildman–Crippen LogP) is 2.74. The average Bonchev–Trinajstić information content (AvgIpc) is 2.91. The van der Waals surface area contributed by atoms with Gasteiger partial charge in [-0.25, -0.2) is 0 Å². The normalized spacial score (nSPS) is 20.6. The molecule has 2 heterocycles. The summed E-state index contributed by atoms with van der Waals surface area (Å²) in [5.41, 5.74) is 0.829. The summed E-state index contributed by atoms with van der Waals surface area (Å²) in [6.45, 7) is 8.13. The summed E-state index contributed by atoms with van der Waals surface area (Å²) in [5, 5.41) is 1.00. The van der Waals surface area contributed by atoms with E-state index in [1.807, 2.05) is 45.9 Å². The molecule has 1 aliphatic rings. The van der Waals surface area contributed by atoms with Crippen LogP contribution in [0, 0.1) is 0 Å². The molecule has 0 amide bonds. The van der Waals surface area contributed by atoms with Gasteiger partial charge in [-0.15, -0.1) is 0 Å². The van der Waals surface area contributed by atoms with Crippen molar-refractivity contribution in [1.29, 1.82) is 0 Å². The van der Waals surface area contributed by atoms with Crippen molar-refractivity contribution in [2.24, 2.45) is 0 Å². The van der Waals surface area contributed by atoms with Gasteiger partial charge in [0.2, 0.25) is 0 Å². The van der Waals surface area contributed by atoms with Crippen molar-refractivity contribution >= 4 is 23.6 Å². The standard InChI is InChI=1S/C15H19BO4/c1-14(2)15(3,4)20-16(19-14)11-7-6-10-8-9-18-12(10)13(11)17-5/h6-9H,1-5H3. The topological polar surface area (TPSA) is 40.8 Å². The van der Waals surface area contributed by atoms with E-state index in [-0.39, 0.29) is 11.2 Å². The van der Waals surface area contributed by atoms with Crippen LogP contribution in [-0.4, -0.2) is 25.4 Å². The molecule has 5 heteroatoms. The molecular weight excluding hydrogens is 255 g/mol. The third kappa shape index (κ3) is 1.85. The highest BCUT2D eigenvalue weighted by Gasteiger charge is 2.52. The molecular formula is C15H19BO4. The second kappa shape index (κ2) is 4.27. The zero-order valence-corrected chi connectivity index (χ0v) is 12.5. The Bertz CT molecular complexity index is 628. The Balaban J connectivity index is 2.07. The smallest absolute Gasteiger partial charge is 0.493 e. The second-order valence-corrected chi connectivity index (χ2v) is 6.12. The van der Waals surface area contributed by atoms with E-state index in [1.54, 1.807) is 13.4 Å². The molecule has 1 saturated heterocycles. The summed E-state index contributed by atoms with van der Waals surface area (Å²) in [6.07, 6.45) is 1.65. The van der Waals surface area contributed by atoms with Gasteiger partial charge in [0.15, 0.2) is 11.3 Å². The predicted molar refractivity (Wildman–Crippen MR) is 78.5 cm³/mol. The lowest BCUT2D eigenvalue weighted by Gasteiger charge is -2.32. The second-order valence-electron chi connectivity index (χ2n) is 6.12. The maximum Gasteiger partial charge on any atom is 0.498 e. The van der Waals surface area contributed by atoms with Crippen LogP contribution in [0.1, 0.15) is 27.7 Å². The van der Waals surface area contributed by atoms with Crippen molar-refractivity contribution in [3.63, 3.8) is 0 Å². The molecule has 0 unspecified atom stereocenters. The number of ether oxygens (including phenoxy) is 1. The van der Waals surface area contributed by atoms with E-state index in [4.69, 9.17) is 18.5 Å². The fourth-order valence-electron chi connectivity index (χ4n) is 2.39. The summed E-state index contributed by atoms with van der Waals surface area (Å²) >= 11 is 0. The van der Waals surface area contributed by atoms with Gasteiger partial charge in [0, 0.05) is 10.8 Å². The van der Waals surface area contributed by atoms with Crippen molar-refractivity contribution < 1.29 is 18.5 Å². The molecule has 0 spiro atoms. The minimum atomic E-state index is -0.454. The van der Waals surface area contributed by atoms with Crippen LogP contribution in [0.4, 0.5) is 0 Å². The fraction of sp³-hybridized carbons (Fsp3) is 0.467. The highest BCUT2D eigenvalue weighted by Crippen LogP contribution is 2.38. The van der Waals surface area contributed by atoms with E-state index < -0.39 is 7.12 Å². The lowest BCUT2D eigenvalue weighted by atomic mass is 9.78. The first-order valence-corrected chi connectivity index (χ1v) is 6.75. The van der Waals surface area contributed by atoms with Crippen LogP contribution < -0.4 is 10.2 Å². The Morgan fingerprint density at radius 1 is 1.00 bits per heavy atom. The molecule has 0 saturated carbocycles. The molecule has 2 aromatic rings. The molecule has 0 atom stereocenters. The quantitative estimate of drug-likeness (QED) is 0.789. The zero-order chi connectivity index (χ0) is 14.5. The summed E-state index contributed by atoms with van der Waals surface area (Å²) in [7, 11) is 1.18. The molecule has 1 aromatic heterocycles.